The van der Waals surface area contributed by atoms with E-state index in [4.69, 9.17) is 10.2 Å². The molecule has 1 rings (SSSR count). The van der Waals surface area contributed by atoms with E-state index >= 15 is 0 Å². The van der Waals surface area contributed by atoms with E-state index in [9.17, 15) is 29.1 Å². The van der Waals surface area contributed by atoms with Gasteiger partial charge in [0.2, 0.25) is 11.8 Å². The monoisotopic (exact) mass is 580 g/mol. The van der Waals surface area contributed by atoms with Crippen LogP contribution in [0.25, 0.3) is 0 Å². The summed E-state index contributed by atoms with van der Waals surface area (Å²) >= 11 is 1.72. The molecule has 1 aromatic carbocycles. The van der Waals surface area contributed by atoms with Gasteiger partial charge in [-0.3, -0.25) is 14.4 Å². The second-order valence-corrected chi connectivity index (χ2v) is 11.2. The Balaban J connectivity index is 2.06. The number of nitrogens with one attached hydrogen (secondary N) is 2. The summed E-state index contributed by atoms with van der Waals surface area (Å²) in [5, 5.41) is 32.4. The van der Waals surface area contributed by atoms with Crippen molar-refractivity contribution in [3.63, 3.8) is 0 Å². The predicted molar refractivity (Wildman–Crippen MR) is 154 cm³/mol. The number of amides is 2. The van der Waals surface area contributed by atoms with Crippen LogP contribution in [0.3, 0.4) is 0 Å². The molecule has 5 N–H and O–H groups in total. The Morgan fingerprint density at radius 2 is 1.35 bits per heavy atom. The number of aliphatic carboxylic acids is 2. The molecular formula is C29H44N2O8S. The molecule has 0 aliphatic rings. The van der Waals surface area contributed by atoms with Crippen LogP contribution in [0.5, 0.6) is 0 Å². The second-order valence-electron chi connectivity index (χ2n) is 9.98. The van der Waals surface area contributed by atoms with Crippen LogP contribution >= 0.6 is 11.8 Å². The molecule has 0 fully saturated rings. The zero-order chi connectivity index (χ0) is 29.8. The number of unbranched alkanes of at least 4 members (excludes halogenated alkanes) is 7. The van der Waals surface area contributed by atoms with Crippen molar-refractivity contribution in [1.82, 2.24) is 10.6 Å². The van der Waals surface area contributed by atoms with E-state index < -0.39 is 29.9 Å². The summed E-state index contributed by atoms with van der Waals surface area (Å²) in [6.45, 7) is 2.04. The van der Waals surface area contributed by atoms with Gasteiger partial charge in [-0.2, -0.15) is 0 Å². The van der Waals surface area contributed by atoms with E-state index in [0.717, 1.165) is 49.2 Å². The summed E-state index contributed by atoms with van der Waals surface area (Å²) in [4.78, 5) is 58.4. The zero-order valence-electron chi connectivity index (χ0n) is 23.4. The van der Waals surface area contributed by atoms with Crippen molar-refractivity contribution >= 4 is 41.5 Å². The minimum Gasteiger partial charge on any atom is -0.481 e. The van der Waals surface area contributed by atoms with Crippen molar-refractivity contribution in [2.75, 3.05) is 12.3 Å². The second kappa shape index (κ2) is 20.8. The van der Waals surface area contributed by atoms with Crippen molar-refractivity contribution in [1.29, 1.82) is 0 Å². The summed E-state index contributed by atoms with van der Waals surface area (Å²) in [5.74, 6) is -2.99. The van der Waals surface area contributed by atoms with E-state index in [2.05, 4.69) is 10.6 Å². The maximum Gasteiger partial charge on any atom is 0.335 e. The number of carboxylic acid groups (broad SMARTS) is 3. The molecule has 0 heterocycles. The highest BCUT2D eigenvalue weighted by atomic mass is 32.2. The van der Waals surface area contributed by atoms with Crippen LogP contribution < -0.4 is 10.6 Å². The lowest BCUT2D eigenvalue weighted by molar-refractivity contribution is -0.142. The SMILES string of the molecule is C[C@@H](CCCCNC(=O)CC[C@H](NC(=O)CCCCCCCCCSc1ccc(C(=O)O)cc1)C(=O)O)C(=O)O. The molecule has 11 heteroatoms. The Kier molecular flexibility index (Phi) is 18.1. The molecular weight excluding hydrogens is 536 g/mol. The first-order valence-electron chi connectivity index (χ1n) is 14.1. The Morgan fingerprint density at radius 1 is 0.725 bits per heavy atom. The number of carbonyl (C=O) groups excluding carboxylic acids is 2. The largest absolute Gasteiger partial charge is 0.481 e. The highest BCUT2D eigenvalue weighted by Crippen LogP contribution is 2.21. The summed E-state index contributed by atoms with van der Waals surface area (Å²) in [5.41, 5.74) is 0.290. The number of thioether (sulfide) groups is 1. The van der Waals surface area contributed by atoms with Crippen molar-refractivity contribution in [2.45, 2.75) is 101 Å². The van der Waals surface area contributed by atoms with Crippen LogP contribution in [0.1, 0.15) is 101 Å². The molecule has 0 bridgehead atoms. The van der Waals surface area contributed by atoms with Gasteiger partial charge in [0.05, 0.1) is 11.5 Å². The molecule has 224 valence electrons. The van der Waals surface area contributed by atoms with Crippen LogP contribution in [-0.2, 0) is 19.2 Å². The van der Waals surface area contributed by atoms with Gasteiger partial charge in [-0.05, 0) is 62.1 Å². The fourth-order valence-electron chi connectivity index (χ4n) is 3.97. The molecule has 2 atom stereocenters. The zero-order valence-corrected chi connectivity index (χ0v) is 24.2. The first kappa shape index (κ1) is 34.9. The van der Waals surface area contributed by atoms with Crippen molar-refractivity contribution in [3.05, 3.63) is 29.8 Å². The van der Waals surface area contributed by atoms with Crippen LogP contribution in [0.4, 0.5) is 0 Å². The molecule has 0 aliphatic heterocycles. The van der Waals surface area contributed by atoms with Crippen LogP contribution in [0.2, 0.25) is 0 Å². The smallest absolute Gasteiger partial charge is 0.335 e. The van der Waals surface area contributed by atoms with E-state index in [0.29, 0.717) is 37.8 Å². The summed E-state index contributed by atoms with van der Waals surface area (Å²) in [6.07, 6.45) is 9.05. The molecule has 0 saturated heterocycles. The number of carboxylic acids is 3. The normalized spacial score (nSPS) is 12.3. The van der Waals surface area contributed by atoms with Gasteiger partial charge in [-0.25, -0.2) is 9.59 Å². The van der Waals surface area contributed by atoms with Gasteiger partial charge in [0, 0.05) is 24.3 Å². The van der Waals surface area contributed by atoms with Gasteiger partial charge in [0.15, 0.2) is 0 Å². The highest BCUT2D eigenvalue weighted by Gasteiger charge is 2.20. The third kappa shape index (κ3) is 16.8. The third-order valence-electron chi connectivity index (χ3n) is 6.52. The van der Waals surface area contributed by atoms with Gasteiger partial charge in [-0.1, -0.05) is 45.4 Å². The number of carbonyl (C=O) groups is 5. The van der Waals surface area contributed by atoms with Gasteiger partial charge >= 0.3 is 17.9 Å². The number of benzene rings is 1. The first-order valence-corrected chi connectivity index (χ1v) is 15.1. The standard InChI is InChI=1S/C29H44N2O8S/c1-21(27(34)35)11-8-9-19-30-25(32)18-17-24(29(38)39)31-26(33)12-7-5-3-2-4-6-10-20-40-23-15-13-22(14-16-23)28(36)37/h13-16,21,24H,2-12,17-20H2,1H3,(H,30,32)(H,31,33)(H,34,35)(H,36,37)(H,38,39)/t21-,24-/m0/s1. The fourth-order valence-corrected chi connectivity index (χ4v) is 4.88. The van der Waals surface area contributed by atoms with Gasteiger partial charge in [0.25, 0.3) is 0 Å². The predicted octanol–water partition coefficient (Wildman–Crippen LogP) is 4.95. The van der Waals surface area contributed by atoms with Crippen LogP contribution in [0.15, 0.2) is 29.2 Å². The fraction of sp³-hybridized carbons (Fsp3) is 0.621. The lowest BCUT2D eigenvalue weighted by Crippen LogP contribution is -2.41. The molecule has 0 saturated carbocycles. The van der Waals surface area contributed by atoms with Crippen LogP contribution in [0, 0.1) is 5.92 Å². The van der Waals surface area contributed by atoms with Crippen molar-refractivity contribution in [3.8, 4) is 0 Å². The van der Waals surface area contributed by atoms with Gasteiger partial charge in [-0.15, -0.1) is 11.8 Å². The lowest BCUT2D eigenvalue weighted by Gasteiger charge is -2.14. The Hall–Kier alpha value is -3.08. The third-order valence-corrected chi connectivity index (χ3v) is 7.62. The molecule has 0 radical (unpaired) electrons. The molecule has 1 aromatic rings. The summed E-state index contributed by atoms with van der Waals surface area (Å²) in [7, 11) is 0. The number of hydrogen-bond donors (Lipinski definition) is 5. The molecule has 2 amide bonds. The molecule has 10 nitrogen and oxygen atoms in total. The molecule has 0 aliphatic carbocycles. The number of rotatable bonds is 23. The lowest BCUT2D eigenvalue weighted by atomic mass is 10.0. The summed E-state index contributed by atoms with van der Waals surface area (Å²) in [6, 6.07) is 5.78. The minimum atomic E-state index is -1.17. The maximum absolute atomic E-state index is 12.2. The first-order chi connectivity index (χ1) is 19.1. The molecule has 40 heavy (non-hydrogen) atoms. The molecule has 0 spiro atoms. The number of hydrogen-bond acceptors (Lipinski definition) is 6. The topological polar surface area (TPSA) is 170 Å². The van der Waals surface area contributed by atoms with E-state index in [1.54, 1.807) is 30.8 Å². The molecule has 0 unspecified atom stereocenters. The maximum atomic E-state index is 12.2. The Bertz CT molecular complexity index is 938. The number of aromatic carboxylic acids is 1. The van der Waals surface area contributed by atoms with Gasteiger partial charge in [0.1, 0.15) is 6.04 Å². The molecule has 0 aromatic heterocycles. The minimum absolute atomic E-state index is 0.00881. The average molecular weight is 581 g/mol. The average Bonchev–Trinajstić information content (AvgIpc) is 2.91. The van der Waals surface area contributed by atoms with E-state index in [1.807, 2.05) is 12.1 Å². The van der Waals surface area contributed by atoms with E-state index in [-0.39, 0.29) is 31.1 Å². The Labute approximate surface area is 240 Å². The van der Waals surface area contributed by atoms with Crippen molar-refractivity contribution in [2.24, 2.45) is 5.92 Å². The Morgan fingerprint density at radius 3 is 1.95 bits per heavy atom. The summed E-state index contributed by atoms with van der Waals surface area (Å²) < 4.78 is 0. The van der Waals surface area contributed by atoms with E-state index in [1.165, 1.54) is 0 Å². The van der Waals surface area contributed by atoms with Crippen LogP contribution in [-0.4, -0.2) is 63.4 Å². The highest BCUT2D eigenvalue weighted by molar-refractivity contribution is 7.99. The van der Waals surface area contributed by atoms with Crippen molar-refractivity contribution < 1.29 is 39.3 Å². The quantitative estimate of drug-likeness (QED) is 0.0887. The van der Waals surface area contributed by atoms with Gasteiger partial charge < -0.3 is 26.0 Å².